The van der Waals surface area contributed by atoms with Gasteiger partial charge in [0.1, 0.15) is 6.33 Å². The van der Waals surface area contributed by atoms with Gasteiger partial charge in [-0.15, -0.1) is 0 Å². The summed E-state index contributed by atoms with van der Waals surface area (Å²) in [5.41, 5.74) is 1.91. The molecule has 2 rings (SSSR count). The van der Waals surface area contributed by atoms with E-state index in [-0.39, 0.29) is 0 Å². The molecule has 5 heteroatoms. The summed E-state index contributed by atoms with van der Waals surface area (Å²) < 4.78 is 1.99. The van der Waals surface area contributed by atoms with E-state index >= 15 is 0 Å². The lowest BCUT2D eigenvalue weighted by Gasteiger charge is -2.06. The Bertz CT molecular complexity index is 545. The third-order valence-corrected chi connectivity index (χ3v) is 3.08. The molecule has 0 saturated carbocycles. The molecule has 0 bridgehead atoms. The SMILES string of the molecule is CCCCn1nc(C(C)C)nc1-c1cncnc1C. The Morgan fingerprint density at radius 1 is 1.32 bits per heavy atom. The van der Waals surface area contributed by atoms with Gasteiger partial charge < -0.3 is 0 Å². The minimum atomic E-state index is 0.326. The molecule has 0 aromatic carbocycles. The Morgan fingerprint density at radius 2 is 2.11 bits per heavy atom. The van der Waals surface area contributed by atoms with E-state index < -0.39 is 0 Å². The second kappa shape index (κ2) is 5.91. The number of aromatic nitrogens is 5. The fourth-order valence-electron chi connectivity index (χ4n) is 1.88. The van der Waals surface area contributed by atoms with Crippen LogP contribution in [0.1, 0.15) is 51.0 Å². The minimum Gasteiger partial charge on any atom is -0.245 e. The van der Waals surface area contributed by atoms with Crippen LogP contribution >= 0.6 is 0 Å². The highest BCUT2D eigenvalue weighted by atomic mass is 15.3. The van der Waals surface area contributed by atoms with Crippen molar-refractivity contribution in [2.24, 2.45) is 0 Å². The maximum atomic E-state index is 4.67. The van der Waals surface area contributed by atoms with Crippen LogP contribution in [-0.2, 0) is 6.54 Å². The molecule has 0 amide bonds. The summed E-state index contributed by atoms with van der Waals surface area (Å²) in [6.45, 7) is 9.26. The molecule has 0 unspecified atom stereocenters. The number of rotatable bonds is 5. The van der Waals surface area contributed by atoms with Crippen LogP contribution in [0.5, 0.6) is 0 Å². The first-order valence-corrected chi connectivity index (χ1v) is 6.85. The second-order valence-electron chi connectivity index (χ2n) is 5.05. The molecule has 0 fully saturated rings. The van der Waals surface area contributed by atoms with Crippen molar-refractivity contribution in [2.45, 2.75) is 53.0 Å². The number of nitrogens with zero attached hydrogens (tertiary/aromatic N) is 5. The second-order valence-corrected chi connectivity index (χ2v) is 5.05. The molecule has 0 saturated heterocycles. The fourth-order valence-corrected chi connectivity index (χ4v) is 1.88. The van der Waals surface area contributed by atoms with Crippen LogP contribution in [0.3, 0.4) is 0 Å². The Labute approximate surface area is 114 Å². The van der Waals surface area contributed by atoms with Crippen molar-refractivity contribution in [3.05, 3.63) is 24.0 Å². The summed E-state index contributed by atoms with van der Waals surface area (Å²) >= 11 is 0. The summed E-state index contributed by atoms with van der Waals surface area (Å²) in [4.78, 5) is 13.0. The zero-order valence-corrected chi connectivity index (χ0v) is 12.1. The maximum Gasteiger partial charge on any atom is 0.161 e. The predicted octanol–water partition coefficient (Wildman–Crippen LogP) is 2.97. The van der Waals surface area contributed by atoms with E-state index in [1.165, 1.54) is 0 Å². The van der Waals surface area contributed by atoms with Gasteiger partial charge in [0.2, 0.25) is 0 Å². The van der Waals surface area contributed by atoms with Crippen molar-refractivity contribution in [1.29, 1.82) is 0 Å². The first kappa shape index (κ1) is 13.6. The van der Waals surface area contributed by atoms with Gasteiger partial charge in [0.25, 0.3) is 0 Å². The molecule has 19 heavy (non-hydrogen) atoms. The van der Waals surface area contributed by atoms with Gasteiger partial charge in [-0.3, -0.25) is 0 Å². The van der Waals surface area contributed by atoms with Crippen LogP contribution < -0.4 is 0 Å². The molecular formula is C14H21N5. The monoisotopic (exact) mass is 259 g/mol. The molecule has 0 aliphatic carbocycles. The van der Waals surface area contributed by atoms with E-state index in [0.717, 1.165) is 42.3 Å². The molecule has 0 aliphatic rings. The van der Waals surface area contributed by atoms with Crippen LogP contribution in [-0.4, -0.2) is 24.7 Å². The van der Waals surface area contributed by atoms with Crippen LogP contribution in [0.25, 0.3) is 11.4 Å². The summed E-state index contributed by atoms with van der Waals surface area (Å²) in [6.07, 6.45) is 5.62. The first-order valence-electron chi connectivity index (χ1n) is 6.85. The summed E-state index contributed by atoms with van der Waals surface area (Å²) in [5, 5.41) is 4.61. The van der Waals surface area contributed by atoms with Crippen molar-refractivity contribution >= 4 is 0 Å². The standard InChI is InChI=1S/C14H21N5/c1-5-6-7-19-14(17-13(18-19)10(2)3)12-8-15-9-16-11(12)4/h8-10H,5-7H2,1-4H3. The highest BCUT2D eigenvalue weighted by Crippen LogP contribution is 2.22. The number of aryl methyl sites for hydroxylation is 2. The zero-order valence-electron chi connectivity index (χ0n) is 12.1. The van der Waals surface area contributed by atoms with E-state index in [2.05, 4.69) is 40.8 Å². The maximum absolute atomic E-state index is 4.67. The minimum absolute atomic E-state index is 0.326. The molecule has 0 spiro atoms. The lowest BCUT2D eigenvalue weighted by atomic mass is 10.2. The average Bonchev–Trinajstić information content (AvgIpc) is 2.81. The Balaban J connectivity index is 2.45. The van der Waals surface area contributed by atoms with Crippen molar-refractivity contribution < 1.29 is 0 Å². The smallest absolute Gasteiger partial charge is 0.161 e. The van der Waals surface area contributed by atoms with Crippen molar-refractivity contribution in [1.82, 2.24) is 24.7 Å². The highest BCUT2D eigenvalue weighted by molar-refractivity contribution is 5.56. The molecule has 0 N–H and O–H groups in total. The lowest BCUT2D eigenvalue weighted by Crippen LogP contribution is -2.04. The van der Waals surface area contributed by atoms with Gasteiger partial charge in [-0.25, -0.2) is 19.6 Å². The van der Waals surface area contributed by atoms with Gasteiger partial charge in [-0.05, 0) is 13.3 Å². The molecule has 2 heterocycles. The van der Waals surface area contributed by atoms with Crippen molar-refractivity contribution in [3.8, 4) is 11.4 Å². The lowest BCUT2D eigenvalue weighted by molar-refractivity contribution is 0.565. The van der Waals surface area contributed by atoms with E-state index in [0.29, 0.717) is 5.92 Å². The molecule has 2 aromatic rings. The fraction of sp³-hybridized carbons (Fsp3) is 0.571. The van der Waals surface area contributed by atoms with Gasteiger partial charge in [0, 0.05) is 18.7 Å². The molecular weight excluding hydrogens is 238 g/mol. The molecule has 0 radical (unpaired) electrons. The normalized spacial score (nSPS) is 11.2. The average molecular weight is 259 g/mol. The first-order chi connectivity index (χ1) is 9.13. The summed E-state index contributed by atoms with van der Waals surface area (Å²) in [7, 11) is 0. The van der Waals surface area contributed by atoms with Crippen LogP contribution in [0, 0.1) is 6.92 Å². The van der Waals surface area contributed by atoms with Crippen LogP contribution in [0.4, 0.5) is 0 Å². The molecule has 2 aromatic heterocycles. The Kier molecular flexibility index (Phi) is 4.24. The quantitative estimate of drug-likeness (QED) is 0.828. The third kappa shape index (κ3) is 2.97. The van der Waals surface area contributed by atoms with Crippen molar-refractivity contribution in [3.63, 3.8) is 0 Å². The van der Waals surface area contributed by atoms with Gasteiger partial charge in [0.15, 0.2) is 11.6 Å². The highest BCUT2D eigenvalue weighted by Gasteiger charge is 2.16. The summed E-state index contributed by atoms with van der Waals surface area (Å²) in [6, 6.07) is 0. The Hall–Kier alpha value is -1.78. The van der Waals surface area contributed by atoms with Gasteiger partial charge in [-0.1, -0.05) is 27.2 Å². The molecule has 0 aliphatic heterocycles. The van der Waals surface area contributed by atoms with E-state index in [1.807, 2.05) is 17.8 Å². The van der Waals surface area contributed by atoms with Gasteiger partial charge >= 0.3 is 0 Å². The Morgan fingerprint density at radius 3 is 2.74 bits per heavy atom. The van der Waals surface area contributed by atoms with E-state index in [4.69, 9.17) is 0 Å². The van der Waals surface area contributed by atoms with Gasteiger partial charge in [-0.2, -0.15) is 5.10 Å². The predicted molar refractivity (Wildman–Crippen MR) is 74.8 cm³/mol. The molecule has 102 valence electrons. The summed E-state index contributed by atoms with van der Waals surface area (Å²) in [5.74, 6) is 2.09. The zero-order chi connectivity index (χ0) is 13.8. The third-order valence-electron chi connectivity index (χ3n) is 3.08. The van der Waals surface area contributed by atoms with Crippen molar-refractivity contribution in [2.75, 3.05) is 0 Å². The van der Waals surface area contributed by atoms with Crippen LogP contribution in [0.2, 0.25) is 0 Å². The number of unbranched alkanes of at least 4 members (excludes halogenated alkanes) is 1. The van der Waals surface area contributed by atoms with Crippen LogP contribution in [0.15, 0.2) is 12.5 Å². The molecule has 5 nitrogen and oxygen atoms in total. The number of hydrogen-bond acceptors (Lipinski definition) is 4. The largest absolute Gasteiger partial charge is 0.245 e. The molecule has 0 atom stereocenters. The van der Waals surface area contributed by atoms with E-state index in [1.54, 1.807) is 6.33 Å². The van der Waals surface area contributed by atoms with E-state index in [9.17, 15) is 0 Å². The van der Waals surface area contributed by atoms with Gasteiger partial charge in [0.05, 0.1) is 11.3 Å². The topological polar surface area (TPSA) is 56.5 Å². The number of hydrogen-bond donors (Lipinski definition) is 0.